The number of aromatic carboxylic acids is 1. The van der Waals surface area contributed by atoms with Gasteiger partial charge in [0.1, 0.15) is 10.8 Å². The number of carbonyl (C=O) groups is 1. The molecule has 1 N–H and O–H groups in total. The molecule has 19 heavy (non-hydrogen) atoms. The summed E-state index contributed by atoms with van der Waals surface area (Å²) in [5.74, 6) is -0.325. The molecule has 0 atom stereocenters. The van der Waals surface area contributed by atoms with Gasteiger partial charge in [0.25, 0.3) is 5.22 Å². The van der Waals surface area contributed by atoms with Crippen LogP contribution in [0.3, 0.4) is 0 Å². The summed E-state index contributed by atoms with van der Waals surface area (Å²) in [5.41, 5.74) is 2.12. The third-order valence-corrected chi connectivity index (χ3v) is 3.66. The van der Waals surface area contributed by atoms with Gasteiger partial charge >= 0.3 is 5.97 Å². The number of oxazole rings is 1. The number of hydrogen-bond donors (Lipinski definition) is 1. The van der Waals surface area contributed by atoms with Gasteiger partial charge in [-0.15, -0.1) is 5.10 Å². The summed E-state index contributed by atoms with van der Waals surface area (Å²) in [7, 11) is 0. The van der Waals surface area contributed by atoms with Crippen LogP contribution in [0, 0.1) is 27.7 Å². The molecule has 0 aromatic carbocycles. The highest BCUT2D eigenvalue weighted by molar-refractivity contribution is 7.99. The lowest BCUT2D eigenvalue weighted by Crippen LogP contribution is -2.08. The number of carboxylic acid groups (broad SMARTS) is 1. The Morgan fingerprint density at radius 3 is 2.37 bits per heavy atom. The molecule has 100 valence electrons. The number of aryl methyl sites for hydroxylation is 3. The van der Waals surface area contributed by atoms with E-state index in [-0.39, 0.29) is 10.6 Å². The van der Waals surface area contributed by atoms with Crippen LogP contribution >= 0.6 is 11.8 Å². The zero-order chi connectivity index (χ0) is 14.2. The minimum absolute atomic E-state index is 0.144. The summed E-state index contributed by atoms with van der Waals surface area (Å²) in [6.07, 6.45) is 0. The van der Waals surface area contributed by atoms with Crippen LogP contribution in [-0.4, -0.2) is 26.3 Å². The quantitative estimate of drug-likeness (QED) is 0.923. The molecule has 0 unspecified atom stereocenters. The van der Waals surface area contributed by atoms with Crippen LogP contribution in [0.2, 0.25) is 0 Å². The molecule has 0 aliphatic heterocycles. The molecular formula is C12H13N3O3S. The molecule has 0 bridgehead atoms. The lowest BCUT2D eigenvalue weighted by atomic mass is 10.1. The van der Waals surface area contributed by atoms with Crippen LogP contribution in [-0.2, 0) is 0 Å². The third-order valence-electron chi connectivity index (χ3n) is 2.83. The van der Waals surface area contributed by atoms with E-state index in [2.05, 4.69) is 15.2 Å². The molecule has 0 spiro atoms. The zero-order valence-corrected chi connectivity index (χ0v) is 11.8. The summed E-state index contributed by atoms with van der Waals surface area (Å²) >= 11 is 1.07. The predicted molar refractivity (Wildman–Crippen MR) is 68.6 cm³/mol. The number of rotatable bonds is 3. The first kappa shape index (κ1) is 13.5. The van der Waals surface area contributed by atoms with Gasteiger partial charge in [0, 0.05) is 0 Å². The Morgan fingerprint density at radius 1 is 1.16 bits per heavy atom. The Bertz CT molecular complexity index is 632. The van der Waals surface area contributed by atoms with Crippen LogP contribution < -0.4 is 0 Å². The minimum atomic E-state index is -1.03. The average Bonchev–Trinajstić information content (AvgIpc) is 2.63. The van der Waals surface area contributed by atoms with Crippen molar-refractivity contribution >= 4 is 17.7 Å². The second-order valence-corrected chi connectivity index (χ2v) is 5.06. The maximum Gasteiger partial charge on any atom is 0.338 e. The third kappa shape index (κ3) is 2.60. The second-order valence-electron chi connectivity index (χ2n) is 4.12. The van der Waals surface area contributed by atoms with Crippen molar-refractivity contribution in [3.05, 3.63) is 28.3 Å². The van der Waals surface area contributed by atoms with Gasteiger partial charge in [-0.3, -0.25) is 0 Å². The normalized spacial score (nSPS) is 10.7. The second kappa shape index (κ2) is 5.00. The van der Waals surface area contributed by atoms with Crippen molar-refractivity contribution in [3.8, 4) is 0 Å². The largest absolute Gasteiger partial charge is 0.478 e. The van der Waals surface area contributed by atoms with E-state index in [9.17, 15) is 9.90 Å². The molecule has 2 aromatic heterocycles. The molecule has 0 aliphatic rings. The van der Waals surface area contributed by atoms with E-state index in [0.717, 1.165) is 17.5 Å². The minimum Gasteiger partial charge on any atom is -0.478 e. The van der Waals surface area contributed by atoms with Crippen molar-refractivity contribution in [2.24, 2.45) is 0 Å². The SMILES string of the molecule is Cc1nc(Sc2nnc(C)c(C)c2C(=O)O)oc1C. The Balaban J connectivity index is 2.45. The predicted octanol–water partition coefficient (Wildman–Crippen LogP) is 2.55. The number of aromatic nitrogens is 3. The van der Waals surface area contributed by atoms with Crippen molar-refractivity contribution in [2.75, 3.05) is 0 Å². The van der Waals surface area contributed by atoms with Crippen LogP contribution in [0.4, 0.5) is 0 Å². The first-order valence-corrected chi connectivity index (χ1v) is 6.41. The van der Waals surface area contributed by atoms with Gasteiger partial charge < -0.3 is 9.52 Å². The molecule has 0 amide bonds. The van der Waals surface area contributed by atoms with E-state index in [0.29, 0.717) is 22.2 Å². The van der Waals surface area contributed by atoms with Gasteiger partial charge in [-0.05, 0) is 45.0 Å². The van der Waals surface area contributed by atoms with E-state index in [1.807, 2.05) is 6.92 Å². The lowest BCUT2D eigenvalue weighted by Gasteiger charge is -2.06. The summed E-state index contributed by atoms with van der Waals surface area (Å²) in [5, 5.41) is 17.8. The van der Waals surface area contributed by atoms with Crippen LogP contribution in [0.1, 0.15) is 33.1 Å². The monoisotopic (exact) mass is 279 g/mol. The van der Waals surface area contributed by atoms with E-state index in [1.165, 1.54) is 0 Å². The molecule has 0 saturated heterocycles. The number of nitrogens with zero attached hydrogens (tertiary/aromatic N) is 3. The van der Waals surface area contributed by atoms with E-state index in [4.69, 9.17) is 4.42 Å². The summed E-state index contributed by atoms with van der Waals surface area (Å²) in [6.45, 7) is 7.07. The zero-order valence-electron chi connectivity index (χ0n) is 11.0. The van der Waals surface area contributed by atoms with Crippen molar-refractivity contribution in [1.82, 2.24) is 15.2 Å². The highest BCUT2D eigenvalue weighted by Crippen LogP contribution is 2.30. The van der Waals surface area contributed by atoms with Gasteiger partial charge in [-0.1, -0.05) is 0 Å². The first-order valence-electron chi connectivity index (χ1n) is 5.59. The molecule has 0 aliphatic carbocycles. The standard InChI is InChI=1S/C12H13N3O3S/c1-5-6(2)14-15-10(9(5)11(16)17)19-12-13-7(3)8(4)18-12/h1-4H3,(H,16,17). The molecule has 0 radical (unpaired) electrons. The van der Waals surface area contributed by atoms with Gasteiger partial charge in [-0.2, -0.15) is 5.10 Å². The van der Waals surface area contributed by atoms with Crippen molar-refractivity contribution in [1.29, 1.82) is 0 Å². The van der Waals surface area contributed by atoms with E-state index >= 15 is 0 Å². The molecule has 0 fully saturated rings. The fourth-order valence-electron chi connectivity index (χ4n) is 1.48. The van der Waals surface area contributed by atoms with Crippen LogP contribution in [0.5, 0.6) is 0 Å². The van der Waals surface area contributed by atoms with Gasteiger partial charge in [0.15, 0.2) is 0 Å². The summed E-state index contributed by atoms with van der Waals surface area (Å²) < 4.78 is 5.41. The molecule has 2 aromatic rings. The molecule has 7 heteroatoms. The number of carboxylic acids is 1. The molecule has 6 nitrogen and oxygen atoms in total. The van der Waals surface area contributed by atoms with Crippen LogP contribution in [0.15, 0.2) is 14.7 Å². The van der Waals surface area contributed by atoms with Gasteiger partial charge in [-0.25, -0.2) is 9.78 Å². The Labute approximate surface area is 114 Å². The summed E-state index contributed by atoms with van der Waals surface area (Å²) in [6, 6.07) is 0. The van der Waals surface area contributed by atoms with Crippen molar-refractivity contribution in [2.45, 2.75) is 37.9 Å². The average molecular weight is 279 g/mol. The van der Waals surface area contributed by atoms with Gasteiger partial charge in [0.2, 0.25) is 0 Å². The summed E-state index contributed by atoms with van der Waals surface area (Å²) in [4.78, 5) is 15.5. The highest BCUT2D eigenvalue weighted by Gasteiger charge is 2.20. The lowest BCUT2D eigenvalue weighted by molar-refractivity contribution is 0.0690. The Hall–Kier alpha value is -1.89. The molecule has 2 rings (SSSR count). The van der Waals surface area contributed by atoms with Gasteiger partial charge in [0.05, 0.1) is 17.0 Å². The first-order chi connectivity index (χ1) is 8.90. The fraction of sp³-hybridized carbons (Fsp3) is 0.333. The fourth-order valence-corrected chi connectivity index (χ4v) is 2.42. The molecule has 0 saturated carbocycles. The van der Waals surface area contributed by atoms with Crippen molar-refractivity contribution < 1.29 is 14.3 Å². The van der Waals surface area contributed by atoms with Crippen molar-refractivity contribution in [3.63, 3.8) is 0 Å². The van der Waals surface area contributed by atoms with E-state index < -0.39 is 5.97 Å². The Kier molecular flexibility index (Phi) is 3.57. The highest BCUT2D eigenvalue weighted by atomic mass is 32.2. The smallest absolute Gasteiger partial charge is 0.338 e. The Morgan fingerprint density at radius 2 is 1.84 bits per heavy atom. The molecule has 2 heterocycles. The number of hydrogen-bond acceptors (Lipinski definition) is 6. The molecular weight excluding hydrogens is 266 g/mol. The topological polar surface area (TPSA) is 89.1 Å². The maximum atomic E-state index is 11.3. The van der Waals surface area contributed by atoms with Crippen LogP contribution in [0.25, 0.3) is 0 Å². The van der Waals surface area contributed by atoms with E-state index in [1.54, 1.807) is 20.8 Å². The maximum absolute atomic E-state index is 11.3.